The maximum Gasteiger partial charge on any atom is 0.204 e. The number of thiophene rings is 1. The van der Waals surface area contributed by atoms with Crippen molar-refractivity contribution in [1.29, 1.82) is 0 Å². The molecule has 1 aliphatic rings. The summed E-state index contributed by atoms with van der Waals surface area (Å²) in [5, 5.41) is 0. The SMILES string of the molecule is CC(=O)c1cc2c(s1)C(=O)c1ccncc1C2=O. The molecular formula is C13H7NO3S. The van der Waals surface area contributed by atoms with Crippen LogP contribution in [0.15, 0.2) is 24.5 Å². The zero-order chi connectivity index (χ0) is 12.9. The van der Waals surface area contributed by atoms with Gasteiger partial charge in [0.1, 0.15) is 0 Å². The topological polar surface area (TPSA) is 64.1 Å². The first-order chi connectivity index (χ1) is 8.59. The minimum Gasteiger partial charge on any atom is -0.294 e. The summed E-state index contributed by atoms with van der Waals surface area (Å²) in [7, 11) is 0. The molecule has 0 aliphatic heterocycles. The van der Waals surface area contributed by atoms with Crippen molar-refractivity contribution in [3.05, 3.63) is 51.0 Å². The number of carbonyl (C=O) groups excluding carboxylic acids is 3. The summed E-state index contributed by atoms with van der Waals surface area (Å²) in [6.07, 6.45) is 2.87. The van der Waals surface area contributed by atoms with Gasteiger partial charge in [0, 0.05) is 23.5 Å². The molecule has 2 aromatic heterocycles. The van der Waals surface area contributed by atoms with Gasteiger partial charge in [-0.15, -0.1) is 11.3 Å². The summed E-state index contributed by atoms with van der Waals surface area (Å²) in [6.45, 7) is 1.42. The molecule has 2 aromatic rings. The van der Waals surface area contributed by atoms with Gasteiger partial charge in [0.2, 0.25) is 5.78 Å². The van der Waals surface area contributed by atoms with Crippen LogP contribution in [0.4, 0.5) is 0 Å². The predicted octanol–water partition coefficient (Wildman–Crippen LogP) is 2.12. The maximum atomic E-state index is 12.2. The molecule has 0 aromatic carbocycles. The number of pyridine rings is 1. The highest BCUT2D eigenvalue weighted by atomic mass is 32.1. The highest BCUT2D eigenvalue weighted by molar-refractivity contribution is 7.16. The second-order valence-corrected chi connectivity index (χ2v) is 5.04. The standard InChI is InChI=1S/C13H7NO3S/c1-6(15)10-4-8-11(16)9-5-14-3-2-7(9)12(17)13(8)18-10/h2-5H,1H3. The van der Waals surface area contributed by atoms with Crippen molar-refractivity contribution in [1.82, 2.24) is 4.98 Å². The van der Waals surface area contributed by atoms with Gasteiger partial charge in [-0.3, -0.25) is 19.4 Å². The Balaban J connectivity index is 2.27. The molecule has 0 fully saturated rings. The van der Waals surface area contributed by atoms with E-state index in [0.29, 0.717) is 26.4 Å². The van der Waals surface area contributed by atoms with Crippen LogP contribution in [0.5, 0.6) is 0 Å². The Hall–Kier alpha value is -2.14. The van der Waals surface area contributed by atoms with Gasteiger partial charge in [0.25, 0.3) is 0 Å². The molecule has 88 valence electrons. The van der Waals surface area contributed by atoms with Crippen LogP contribution in [-0.2, 0) is 0 Å². The number of Topliss-reactive ketones (excluding diaryl/α,β-unsaturated/α-hetero) is 1. The number of nitrogens with zero attached hydrogens (tertiary/aromatic N) is 1. The first-order valence-electron chi connectivity index (χ1n) is 5.28. The second-order valence-electron chi connectivity index (χ2n) is 3.99. The third kappa shape index (κ3) is 1.37. The van der Waals surface area contributed by atoms with Gasteiger partial charge >= 0.3 is 0 Å². The van der Waals surface area contributed by atoms with Crippen LogP contribution in [0.2, 0.25) is 0 Å². The van der Waals surface area contributed by atoms with E-state index < -0.39 is 0 Å². The summed E-state index contributed by atoms with van der Waals surface area (Å²) >= 11 is 1.08. The van der Waals surface area contributed by atoms with Crippen LogP contribution in [0.25, 0.3) is 0 Å². The first-order valence-corrected chi connectivity index (χ1v) is 6.09. The fraction of sp³-hybridized carbons (Fsp3) is 0.0769. The number of hydrogen-bond acceptors (Lipinski definition) is 5. The zero-order valence-electron chi connectivity index (χ0n) is 9.39. The minimum absolute atomic E-state index is 0.141. The predicted molar refractivity (Wildman–Crippen MR) is 65.4 cm³/mol. The Morgan fingerprint density at radius 2 is 1.94 bits per heavy atom. The fourth-order valence-corrected chi connectivity index (χ4v) is 2.95. The van der Waals surface area contributed by atoms with Crippen LogP contribution in [0, 0.1) is 0 Å². The van der Waals surface area contributed by atoms with Crippen LogP contribution >= 0.6 is 11.3 Å². The normalized spacial score (nSPS) is 13.2. The van der Waals surface area contributed by atoms with Gasteiger partial charge in [0.05, 0.1) is 15.3 Å². The molecule has 0 unspecified atom stereocenters. The Morgan fingerprint density at radius 1 is 1.17 bits per heavy atom. The quantitative estimate of drug-likeness (QED) is 0.626. The van der Waals surface area contributed by atoms with Gasteiger partial charge in [-0.1, -0.05) is 0 Å². The van der Waals surface area contributed by atoms with E-state index in [4.69, 9.17) is 0 Å². The summed E-state index contributed by atoms with van der Waals surface area (Å²) < 4.78 is 0. The van der Waals surface area contributed by atoms with E-state index in [1.807, 2.05) is 0 Å². The molecule has 0 amide bonds. The lowest BCUT2D eigenvalue weighted by atomic mass is 9.90. The fourth-order valence-electron chi connectivity index (χ4n) is 1.94. The van der Waals surface area contributed by atoms with E-state index in [1.54, 1.807) is 0 Å². The maximum absolute atomic E-state index is 12.2. The first kappa shape index (κ1) is 11.0. The van der Waals surface area contributed by atoms with Crippen molar-refractivity contribution in [3.63, 3.8) is 0 Å². The number of ketones is 3. The van der Waals surface area contributed by atoms with Gasteiger partial charge in [-0.2, -0.15) is 0 Å². The third-order valence-corrected chi connectivity index (χ3v) is 4.07. The summed E-state index contributed by atoms with van der Waals surface area (Å²) in [5.74, 6) is -0.590. The van der Waals surface area contributed by atoms with Crippen LogP contribution in [0.3, 0.4) is 0 Å². The third-order valence-electron chi connectivity index (χ3n) is 2.84. The number of rotatable bonds is 1. The molecule has 0 atom stereocenters. The minimum atomic E-state index is -0.239. The van der Waals surface area contributed by atoms with E-state index in [0.717, 1.165) is 11.3 Å². The summed E-state index contributed by atoms with van der Waals surface area (Å²) in [5.41, 5.74) is 0.984. The molecule has 0 radical (unpaired) electrons. The molecule has 0 bridgehead atoms. The van der Waals surface area contributed by atoms with Gasteiger partial charge < -0.3 is 0 Å². The van der Waals surface area contributed by atoms with E-state index >= 15 is 0 Å². The number of aromatic nitrogens is 1. The van der Waals surface area contributed by atoms with Crippen molar-refractivity contribution in [2.75, 3.05) is 0 Å². The smallest absolute Gasteiger partial charge is 0.204 e. The zero-order valence-corrected chi connectivity index (χ0v) is 10.2. The van der Waals surface area contributed by atoms with E-state index in [2.05, 4.69) is 4.98 Å². The van der Waals surface area contributed by atoms with Crippen LogP contribution in [0.1, 0.15) is 47.8 Å². The number of carbonyl (C=O) groups is 3. The number of fused-ring (bicyclic) bond motifs is 2. The lowest BCUT2D eigenvalue weighted by molar-refractivity contribution is 0.0982. The Labute approximate surface area is 106 Å². The van der Waals surface area contributed by atoms with Gasteiger partial charge in [0.15, 0.2) is 11.6 Å². The van der Waals surface area contributed by atoms with Crippen molar-refractivity contribution < 1.29 is 14.4 Å². The lowest BCUT2D eigenvalue weighted by Crippen LogP contribution is -2.18. The highest BCUT2D eigenvalue weighted by Crippen LogP contribution is 2.32. The van der Waals surface area contributed by atoms with Crippen molar-refractivity contribution in [2.45, 2.75) is 6.92 Å². The van der Waals surface area contributed by atoms with E-state index in [9.17, 15) is 14.4 Å². The summed E-state index contributed by atoms with van der Waals surface area (Å²) in [4.78, 5) is 40.4. The second kappa shape index (κ2) is 3.68. The van der Waals surface area contributed by atoms with Crippen LogP contribution < -0.4 is 0 Å². The van der Waals surface area contributed by atoms with E-state index in [1.165, 1.54) is 31.5 Å². The monoisotopic (exact) mass is 257 g/mol. The highest BCUT2D eigenvalue weighted by Gasteiger charge is 2.32. The molecule has 1 aliphatic carbocycles. The Kier molecular flexibility index (Phi) is 2.24. The van der Waals surface area contributed by atoms with Crippen molar-refractivity contribution >= 4 is 28.7 Å². The summed E-state index contributed by atoms with van der Waals surface area (Å²) in [6, 6.07) is 3.03. The molecular weight excluding hydrogens is 250 g/mol. The van der Waals surface area contributed by atoms with Gasteiger partial charge in [-0.05, 0) is 19.1 Å². The molecule has 2 heterocycles. The average molecular weight is 257 g/mol. The molecule has 0 saturated heterocycles. The average Bonchev–Trinajstić information content (AvgIpc) is 2.81. The Morgan fingerprint density at radius 3 is 2.67 bits per heavy atom. The molecule has 18 heavy (non-hydrogen) atoms. The van der Waals surface area contributed by atoms with E-state index in [-0.39, 0.29) is 17.3 Å². The molecule has 3 rings (SSSR count). The lowest BCUT2D eigenvalue weighted by Gasteiger charge is -2.12. The molecule has 0 spiro atoms. The Bertz CT molecular complexity index is 662. The molecule has 0 saturated carbocycles. The molecule has 5 heteroatoms. The molecule has 0 N–H and O–H groups in total. The van der Waals surface area contributed by atoms with Crippen molar-refractivity contribution in [2.24, 2.45) is 0 Å². The molecule has 4 nitrogen and oxygen atoms in total. The van der Waals surface area contributed by atoms with Crippen LogP contribution in [-0.4, -0.2) is 22.3 Å². The van der Waals surface area contributed by atoms with Gasteiger partial charge in [-0.25, -0.2) is 0 Å². The number of hydrogen-bond donors (Lipinski definition) is 0. The van der Waals surface area contributed by atoms with Crippen molar-refractivity contribution in [3.8, 4) is 0 Å². The largest absolute Gasteiger partial charge is 0.294 e.